The fourth-order valence-corrected chi connectivity index (χ4v) is 1.20. The number of pyridine rings is 1. The second-order valence-electron chi connectivity index (χ2n) is 3.31. The number of aromatic nitrogens is 1. The van der Waals surface area contributed by atoms with E-state index in [0.29, 0.717) is 12.1 Å². The Bertz CT molecular complexity index is 278. The number of likely N-dealkylation sites (N-methyl/N-ethyl adjacent to an activating group) is 2. The minimum absolute atomic E-state index is 0.233. The first-order valence-electron chi connectivity index (χ1n) is 4.65. The molecule has 4 heteroatoms. The maximum absolute atomic E-state index is 13.2. The molecule has 1 aromatic heterocycles. The summed E-state index contributed by atoms with van der Waals surface area (Å²) in [5.41, 5.74) is 0.693. The summed E-state index contributed by atoms with van der Waals surface area (Å²) in [6.07, 6.45) is 2.87. The summed E-state index contributed by atoms with van der Waals surface area (Å²) in [6, 6.07) is 1.71. The molecule has 0 aromatic carbocycles. The van der Waals surface area contributed by atoms with E-state index in [1.165, 1.54) is 6.20 Å². The van der Waals surface area contributed by atoms with E-state index < -0.39 is 0 Å². The second-order valence-corrected chi connectivity index (χ2v) is 3.31. The van der Waals surface area contributed by atoms with Gasteiger partial charge in [0.1, 0.15) is 5.82 Å². The van der Waals surface area contributed by atoms with Gasteiger partial charge in [-0.15, -0.1) is 0 Å². The van der Waals surface area contributed by atoms with E-state index >= 15 is 0 Å². The Hall–Kier alpha value is -1.00. The SMILES string of the molecule is CNCCN(C)Cc1ccncc1F. The van der Waals surface area contributed by atoms with Crippen molar-refractivity contribution < 1.29 is 4.39 Å². The highest BCUT2D eigenvalue weighted by Gasteiger charge is 2.04. The molecule has 1 rings (SSSR count). The number of nitrogens with zero attached hydrogens (tertiary/aromatic N) is 2. The van der Waals surface area contributed by atoms with E-state index in [2.05, 4.69) is 15.2 Å². The number of halogens is 1. The second kappa shape index (κ2) is 5.67. The van der Waals surface area contributed by atoms with E-state index in [1.807, 2.05) is 14.1 Å². The number of rotatable bonds is 5. The molecule has 78 valence electrons. The zero-order chi connectivity index (χ0) is 10.4. The molecule has 0 saturated heterocycles. The highest BCUT2D eigenvalue weighted by molar-refractivity contribution is 5.12. The van der Waals surface area contributed by atoms with Gasteiger partial charge in [-0.1, -0.05) is 0 Å². The molecule has 0 aliphatic heterocycles. The molecule has 1 aromatic rings. The zero-order valence-electron chi connectivity index (χ0n) is 8.63. The Morgan fingerprint density at radius 3 is 3.00 bits per heavy atom. The summed E-state index contributed by atoms with van der Waals surface area (Å²) in [5.74, 6) is -0.233. The molecule has 0 radical (unpaired) electrons. The average Bonchev–Trinajstić information content (AvgIpc) is 2.18. The first-order chi connectivity index (χ1) is 6.74. The van der Waals surface area contributed by atoms with Crippen molar-refractivity contribution >= 4 is 0 Å². The van der Waals surface area contributed by atoms with Gasteiger partial charge < -0.3 is 10.2 Å². The Morgan fingerprint density at radius 2 is 2.36 bits per heavy atom. The Balaban J connectivity index is 2.47. The third-order valence-electron chi connectivity index (χ3n) is 2.04. The van der Waals surface area contributed by atoms with Gasteiger partial charge in [0.2, 0.25) is 0 Å². The lowest BCUT2D eigenvalue weighted by Crippen LogP contribution is -2.27. The molecular weight excluding hydrogens is 181 g/mol. The van der Waals surface area contributed by atoms with Crippen molar-refractivity contribution in [2.45, 2.75) is 6.54 Å². The van der Waals surface area contributed by atoms with Crippen LogP contribution in [-0.2, 0) is 6.54 Å². The maximum Gasteiger partial charge on any atom is 0.145 e. The molecular formula is C10H16FN3. The van der Waals surface area contributed by atoms with Gasteiger partial charge in [0.25, 0.3) is 0 Å². The van der Waals surface area contributed by atoms with Crippen LogP contribution >= 0.6 is 0 Å². The van der Waals surface area contributed by atoms with Crippen molar-refractivity contribution in [3.63, 3.8) is 0 Å². The van der Waals surface area contributed by atoms with E-state index in [-0.39, 0.29) is 5.82 Å². The lowest BCUT2D eigenvalue weighted by atomic mass is 10.2. The van der Waals surface area contributed by atoms with Crippen LogP contribution in [-0.4, -0.2) is 37.1 Å². The van der Waals surface area contributed by atoms with Gasteiger partial charge in [0.15, 0.2) is 0 Å². The highest BCUT2D eigenvalue weighted by atomic mass is 19.1. The zero-order valence-corrected chi connectivity index (χ0v) is 8.63. The molecule has 0 atom stereocenters. The van der Waals surface area contributed by atoms with Crippen LogP contribution < -0.4 is 5.32 Å². The quantitative estimate of drug-likeness (QED) is 0.759. The van der Waals surface area contributed by atoms with Crippen LogP contribution in [0, 0.1) is 5.82 Å². The van der Waals surface area contributed by atoms with Gasteiger partial charge in [-0.2, -0.15) is 0 Å². The van der Waals surface area contributed by atoms with Crippen molar-refractivity contribution in [1.82, 2.24) is 15.2 Å². The maximum atomic E-state index is 13.2. The summed E-state index contributed by atoms with van der Waals surface area (Å²) in [4.78, 5) is 5.77. The van der Waals surface area contributed by atoms with Crippen molar-refractivity contribution in [3.8, 4) is 0 Å². The van der Waals surface area contributed by atoms with Crippen LogP contribution in [0.2, 0.25) is 0 Å². The van der Waals surface area contributed by atoms with Crippen LogP contribution in [0.15, 0.2) is 18.5 Å². The minimum Gasteiger partial charge on any atom is -0.318 e. The molecule has 0 saturated carbocycles. The van der Waals surface area contributed by atoms with Crippen LogP contribution in [0.1, 0.15) is 5.56 Å². The number of nitrogens with one attached hydrogen (secondary N) is 1. The molecule has 0 spiro atoms. The molecule has 0 bridgehead atoms. The van der Waals surface area contributed by atoms with Crippen molar-refractivity contribution in [2.24, 2.45) is 0 Å². The normalized spacial score (nSPS) is 10.9. The smallest absolute Gasteiger partial charge is 0.145 e. The van der Waals surface area contributed by atoms with Gasteiger partial charge >= 0.3 is 0 Å². The molecule has 0 aliphatic carbocycles. The van der Waals surface area contributed by atoms with Crippen LogP contribution in [0.3, 0.4) is 0 Å². The third kappa shape index (κ3) is 3.40. The van der Waals surface area contributed by atoms with Crippen molar-refractivity contribution in [1.29, 1.82) is 0 Å². The highest BCUT2D eigenvalue weighted by Crippen LogP contribution is 2.06. The third-order valence-corrected chi connectivity index (χ3v) is 2.04. The number of hydrogen-bond acceptors (Lipinski definition) is 3. The monoisotopic (exact) mass is 197 g/mol. The lowest BCUT2D eigenvalue weighted by Gasteiger charge is -2.16. The summed E-state index contributed by atoms with van der Waals surface area (Å²) in [6.45, 7) is 2.43. The molecule has 14 heavy (non-hydrogen) atoms. The van der Waals surface area contributed by atoms with Crippen molar-refractivity contribution in [2.75, 3.05) is 27.2 Å². The minimum atomic E-state index is -0.233. The molecule has 0 aliphatic rings. The van der Waals surface area contributed by atoms with Crippen LogP contribution in [0.4, 0.5) is 4.39 Å². The molecule has 1 N–H and O–H groups in total. The molecule has 0 amide bonds. The van der Waals surface area contributed by atoms with Gasteiger partial charge in [0.05, 0.1) is 6.20 Å². The fourth-order valence-electron chi connectivity index (χ4n) is 1.20. The van der Waals surface area contributed by atoms with Crippen LogP contribution in [0.25, 0.3) is 0 Å². The number of hydrogen-bond donors (Lipinski definition) is 1. The van der Waals surface area contributed by atoms with Crippen molar-refractivity contribution in [3.05, 3.63) is 29.8 Å². The Morgan fingerprint density at radius 1 is 1.57 bits per heavy atom. The van der Waals surface area contributed by atoms with E-state index in [1.54, 1.807) is 12.3 Å². The predicted molar refractivity (Wildman–Crippen MR) is 54.5 cm³/mol. The lowest BCUT2D eigenvalue weighted by molar-refractivity contribution is 0.322. The molecule has 0 fully saturated rings. The first kappa shape index (κ1) is 11.1. The summed E-state index contributed by atoms with van der Waals surface area (Å²) in [5, 5.41) is 3.05. The summed E-state index contributed by atoms with van der Waals surface area (Å²) >= 11 is 0. The fraction of sp³-hybridized carbons (Fsp3) is 0.500. The first-order valence-corrected chi connectivity index (χ1v) is 4.65. The van der Waals surface area contributed by atoms with Gasteiger partial charge in [-0.05, 0) is 20.2 Å². The molecule has 1 heterocycles. The Labute approximate surface area is 84.0 Å². The van der Waals surface area contributed by atoms with Gasteiger partial charge in [-0.25, -0.2) is 4.39 Å². The van der Waals surface area contributed by atoms with E-state index in [9.17, 15) is 4.39 Å². The van der Waals surface area contributed by atoms with Gasteiger partial charge in [-0.3, -0.25) is 4.98 Å². The largest absolute Gasteiger partial charge is 0.318 e. The Kier molecular flexibility index (Phi) is 4.49. The van der Waals surface area contributed by atoms with Gasteiger partial charge in [0, 0.05) is 31.4 Å². The van der Waals surface area contributed by atoms with E-state index in [0.717, 1.165) is 13.1 Å². The molecule has 0 unspecified atom stereocenters. The summed E-state index contributed by atoms with van der Waals surface area (Å²) < 4.78 is 13.2. The topological polar surface area (TPSA) is 28.2 Å². The van der Waals surface area contributed by atoms with Crippen LogP contribution in [0.5, 0.6) is 0 Å². The average molecular weight is 197 g/mol. The summed E-state index contributed by atoms with van der Waals surface area (Å²) in [7, 11) is 3.87. The molecule has 3 nitrogen and oxygen atoms in total. The predicted octanol–water partition coefficient (Wildman–Crippen LogP) is 0.872. The van der Waals surface area contributed by atoms with E-state index in [4.69, 9.17) is 0 Å². The standard InChI is InChI=1S/C10H16FN3/c1-12-5-6-14(2)8-9-3-4-13-7-10(9)11/h3-4,7,12H,5-6,8H2,1-2H3.